The molecule has 1 atom stereocenters. The first kappa shape index (κ1) is 16.7. The molecular weight excluding hydrogens is 346 g/mol. The zero-order valence-electron chi connectivity index (χ0n) is 13.6. The Kier molecular flexibility index (Phi) is 4.73. The topological polar surface area (TPSA) is 71.3 Å². The second-order valence-electron chi connectivity index (χ2n) is 5.75. The lowest BCUT2D eigenvalue weighted by Crippen LogP contribution is -2.41. The Balaban J connectivity index is 1.84. The summed E-state index contributed by atoms with van der Waals surface area (Å²) < 4.78 is 1.72. The molecule has 3 aromatic rings. The summed E-state index contributed by atoms with van der Waals surface area (Å²) in [5, 5.41) is 11.7. The standard InChI is InChI=1S/C16H18ClN5OS/c1-9(2)13(14(23)18-3)20-15-21-22-8-12(19-16(22)24-15)10-4-6-11(17)7-5-10/h4-9,13H,1-3H3,(H,18,23)(H,20,21). The van der Waals surface area contributed by atoms with Gasteiger partial charge in [0.15, 0.2) is 0 Å². The lowest BCUT2D eigenvalue weighted by Gasteiger charge is -2.19. The average molecular weight is 364 g/mol. The summed E-state index contributed by atoms with van der Waals surface area (Å²) in [6.45, 7) is 3.98. The number of aromatic nitrogens is 3. The highest BCUT2D eigenvalue weighted by molar-refractivity contribution is 7.20. The van der Waals surface area contributed by atoms with E-state index in [-0.39, 0.29) is 17.9 Å². The monoisotopic (exact) mass is 363 g/mol. The third-order valence-corrected chi connectivity index (χ3v) is 4.76. The molecule has 8 heteroatoms. The molecule has 0 saturated heterocycles. The molecule has 0 spiro atoms. The molecule has 0 aliphatic heterocycles. The van der Waals surface area contributed by atoms with Crippen LogP contribution in [-0.2, 0) is 4.79 Å². The van der Waals surface area contributed by atoms with Gasteiger partial charge in [0.05, 0.1) is 11.9 Å². The molecule has 0 saturated carbocycles. The van der Waals surface area contributed by atoms with Crippen LogP contribution in [0, 0.1) is 5.92 Å². The highest BCUT2D eigenvalue weighted by Gasteiger charge is 2.22. The predicted octanol–water partition coefficient (Wildman–Crippen LogP) is 3.29. The van der Waals surface area contributed by atoms with Gasteiger partial charge in [0.1, 0.15) is 6.04 Å². The van der Waals surface area contributed by atoms with E-state index in [9.17, 15) is 4.79 Å². The quantitative estimate of drug-likeness (QED) is 0.729. The Morgan fingerprint density at radius 2 is 2.00 bits per heavy atom. The number of halogens is 1. The molecule has 24 heavy (non-hydrogen) atoms. The fourth-order valence-corrected chi connectivity index (χ4v) is 3.29. The van der Waals surface area contributed by atoms with Gasteiger partial charge in [0.2, 0.25) is 16.0 Å². The summed E-state index contributed by atoms with van der Waals surface area (Å²) in [7, 11) is 1.63. The third-order valence-electron chi connectivity index (χ3n) is 3.66. The average Bonchev–Trinajstić information content (AvgIpc) is 3.10. The van der Waals surface area contributed by atoms with E-state index in [1.165, 1.54) is 11.3 Å². The Morgan fingerprint density at radius 1 is 1.29 bits per heavy atom. The number of nitrogens with one attached hydrogen (secondary N) is 2. The lowest BCUT2D eigenvalue weighted by atomic mass is 10.0. The number of carbonyl (C=O) groups is 1. The van der Waals surface area contributed by atoms with Gasteiger partial charge >= 0.3 is 0 Å². The maximum absolute atomic E-state index is 11.9. The van der Waals surface area contributed by atoms with E-state index in [0.717, 1.165) is 16.2 Å². The van der Waals surface area contributed by atoms with Gasteiger partial charge in [0, 0.05) is 17.6 Å². The van der Waals surface area contributed by atoms with E-state index in [4.69, 9.17) is 11.6 Å². The SMILES string of the molecule is CNC(=O)C(Nc1nn2cc(-c3ccc(Cl)cc3)nc2s1)C(C)C. The zero-order chi connectivity index (χ0) is 17.3. The maximum atomic E-state index is 11.9. The number of nitrogens with zero attached hydrogens (tertiary/aromatic N) is 3. The van der Waals surface area contributed by atoms with Crippen LogP contribution in [0.15, 0.2) is 30.5 Å². The van der Waals surface area contributed by atoms with Crippen LogP contribution >= 0.6 is 22.9 Å². The van der Waals surface area contributed by atoms with Crippen molar-refractivity contribution in [2.45, 2.75) is 19.9 Å². The fraction of sp³-hybridized carbons (Fsp3) is 0.312. The summed E-state index contributed by atoms with van der Waals surface area (Å²) >= 11 is 7.33. The molecule has 2 aromatic heterocycles. The van der Waals surface area contributed by atoms with Gasteiger partial charge in [-0.3, -0.25) is 4.79 Å². The van der Waals surface area contributed by atoms with E-state index in [2.05, 4.69) is 20.7 Å². The fourth-order valence-electron chi connectivity index (χ4n) is 2.34. The van der Waals surface area contributed by atoms with Crippen LogP contribution in [0.4, 0.5) is 5.13 Å². The van der Waals surface area contributed by atoms with Gasteiger partial charge in [-0.25, -0.2) is 9.50 Å². The molecule has 0 aliphatic rings. The van der Waals surface area contributed by atoms with Crippen molar-refractivity contribution in [1.82, 2.24) is 19.9 Å². The number of likely N-dealkylation sites (N-methyl/N-ethyl adjacent to an activating group) is 1. The number of fused-ring (bicyclic) bond motifs is 1. The summed E-state index contributed by atoms with van der Waals surface area (Å²) in [6, 6.07) is 7.19. The molecule has 1 aromatic carbocycles. The molecule has 0 radical (unpaired) electrons. The highest BCUT2D eigenvalue weighted by Crippen LogP contribution is 2.26. The molecule has 1 amide bonds. The summed E-state index contributed by atoms with van der Waals surface area (Å²) in [6.07, 6.45) is 1.87. The van der Waals surface area contributed by atoms with Crippen molar-refractivity contribution in [2.75, 3.05) is 12.4 Å². The first-order valence-corrected chi connectivity index (χ1v) is 8.77. The minimum Gasteiger partial charge on any atom is -0.357 e. The molecule has 3 rings (SSSR count). The molecule has 0 bridgehead atoms. The molecule has 0 fully saturated rings. The summed E-state index contributed by atoms with van der Waals surface area (Å²) in [5.41, 5.74) is 1.82. The van der Waals surface area contributed by atoms with Gasteiger partial charge in [-0.1, -0.05) is 48.9 Å². The third kappa shape index (κ3) is 3.37. The van der Waals surface area contributed by atoms with E-state index in [1.54, 1.807) is 11.6 Å². The van der Waals surface area contributed by atoms with Crippen LogP contribution in [0.3, 0.4) is 0 Å². The van der Waals surface area contributed by atoms with Crippen molar-refractivity contribution in [1.29, 1.82) is 0 Å². The number of carbonyl (C=O) groups excluding carboxylic acids is 1. The van der Waals surface area contributed by atoms with E-state index >= 15 is 0 Å². The van der Waals surface area contributed by atoms with Crippen LogP contribution in [0.2, 0.25) is 5.02 Å². The number of amides is 1. The van der Waals surface area contributed by atoms with Gasteiger partial charge in [-0.05, 0) is 18.1 Å². The first-order chi connectivity index (χ1) is 11.5. The number of benzene rings is 1. The summed E-state index contributed by atoms with van der Waals surface area (Å²) in [5.74, 6) is 0.0884. The Morgan fingerprint density at radius 3 is 2.58 bits per heavy atom. The summed E-state index contributed by atoms with van der Waals surface area (Å²) in [4.78, 5) is 17.3. The van der Waals surface area contributed by atoms with E-state index in [1.807, 2.05) is 44.3 Å². The molecule has 6 nitrogen and oxygen atoms in total. The molecule has 0 aliphatic carbocycles. The molecular formula is C16H18ClN5OS. The largest absolute Gasteiger partial charge is 0.357 e. The van der Waals surface area contributed by atoms with Crippen molar-refractivity contribution in [3.8, 4) is 11.3 Å². The van der Waals surface area contributed by atoms with Crippen LogP contribution in [0.5, 0.6) is 0 Å². The maximum Gasteiger partial charge on any atom is 0.242 e. The van der Waals surface area contributed by atoms with Gasteiger partial charge in [-0.2, -0.15) is 0 Å². The minimum atomic E-state index is -0.332. The van der Waals surface area contributed by atoms with Crippen molar-refractivity contribution >= 4 is 38.9 Å². The van der Waals surface area contributed by atoms with Crippen molar-refractivity contribution < 1.29 is 4.79 Å². The highest BCUT2D eigenvalue weighted by atomic mass is 35.5. The molecule has 126 valence electrons. The van der Waals surface area contributed by atoms with Gasteiger partial charge < -0.3 is 10.6 Å². The second kappa shape index (κ2) is 6.78. The molecule has 2 N–H and O–H groups in total. The van der Waals surface area contributed by atoms with Crippen LogP contribution in [0.1, 0.15) is 13.8 Å². The normalized spacial score (nSPS) is 12.5. The molecule has 1 unspecified atom stereocenters. The number of rotatable bonds is 5. The lowest BCUT2D eigenvalue weighted by molar-refractivity contribution is -0.122. The van der Waals surface area contributed by atoms with Crippen molar-refractivity contribution in [3.05, 3.63) is 35.5 Å². The van der Waals surface area contributed by atoms with Crippen LogP contribution in [0.25, 0.3) is 16.2 Å². The van der Waals surface area contributed by atoms with Gasteiger partial charge in [-0.15, -0.1) is 5.10 Å². The number of anilines is 1. The van der Waals surface area contributed by atoms with Crippen molar-refractivity contribution in [3.63, 3.8) is 0 Å². The number of hydrogen-bond acceptors (Lipinski definition) is 5. The zero-order valence-corrected chi connectivity index (χ0v) is 15.1. The van der Waals surface area contributed by atoms with E-state index < -0.39 is 0 Å². The minimum absolute atomic E-state index is 0.0558. The predicted molar refractivity (Wildman–Crippen MR) is 97.6 cm³/mol. The Hall–Kier alpha value is -2.12. The first-order valence-electron chi connectivity index (χ1n) is 7.58. The van der Waals surface area contributed by atoms with Gasteiger partial charge in [0.25, 0.3) is 0 Å². The smallest absolute Gasteiger partial charge is 0.242 e. The number of imidazole rings is 1. The van der Waals surface area contributed by atoms with E-state index in [0.29, 0.717) is 10.2 Å². The second-order valence-corrected chi connectivity index (χ2v) is 7.14. The van der Waals surface area contributed by atoms with Crippen molar-refractivity contribution in [2.24, 2.45) is 5.92 Å². The number of hydrogen-bond donors (Lipinski definition) is 2. The van der Waals surface area contributed by atoms with Crippen LogP contribution < -0.4 is 10.6 Å². The Bertz CT molecular complexity index is 824. The van der Waals surface area contributed by atoms with Crippen LogP contribution in [-0.4, -0.2) is 33.6 Å². The molecule has 2 heterocycles. The Labute approximate surface area is 148 Å².